The molecule has 29 heavy (non-hydrogen) atoms. The van der Waals surface area contributed by atoms with Crippen molar-refractivity contribution in [3.8, 4) is 11.5 Å². The van der Waals surface area contributed by atoms with Gasteiger partial charge in [0.2, 0.25) is 5.91 Å². The lowest BCUT2D eigenvalue weighted by molar-refractivity contribution is -0.131. The number of halogens is 1. The summed E-state index contributed by atoms with van der Waals surface area (Å²) in [6, 6.07) is 12.9. The molecule has 0 saturated carbocycles. The summed E-state index contributed by atoms with van der Waals surface area (Å²) in [6.45, 7) is 2.80. The van der Waals surface area contributed by atoms with Crippen LogP contribution in [0.3, 0.4) is 0 Å². The molecule has 2 heterocycles. The average molecular weight is 398 g/mol. The first-order chi connectivity index (χ1) is 14.1. The lowest BCUT2D eigenvalue weighted by Gasteiger charge is -2.27. The summed E-state index contributed by atoms with van der Waals surface area (Å²) in [4.78, 5) is 16.6. The molecule has 0 aromatic heterocycles. The topological polar surface area (TPSA) is 42.0 Å². The molecule has 2 aromatic rings. The third-order valence-corrected chi connectivity index (χ3v) is 5.65. The largest absolute Gasteiger partial charge is 0.490 e. The molecule has 0 unspecified atom stereocenters. The summed E-state index contributed by atoms with van der Waals surface area (Å²) in [5.41, 5.74) is 1.68. The SMILES string of the molecule is CN(Cc1ccccc1F)C(=O)CN1CCC[C@@H]1c1ccc2c(c1)OCCCO2. The zero-order chi connectivity index (χ0) is 20.2. The molecule has 5 nitrogen and oxygen atoms in total. The van der Waals surface area contributed by atoms with Crippen molar-refractivity contribution in [2.75, 3.05) is 33.4 Å². The highest BCUT2D eigenvalue weighted by Gasteiger charge is 2.29. The molecule has 2 aliphatic rings. The summed E-state index contributed by atoms with van der Waals surface area (Å²) in [5.74, 6) is 1.29. The van der Waals surface area contributed by atoms with Gasteiger partial charge in [0.05, 0.1) is 19.8 Å². The predicted molar refractivity (Wildman–Crippen MR) is 108 cm³/mol. The second kappa shape index (κ2) is 8.82. The third kappa shape index (κ3) is 4.53. The van der Waals surface area contributed by atoms with E-state index in [1.807, 2.05) is 6.07 Å². The first-order valence-corrected chi connectivity index (χ1v) is 10.2. The van der Waals surface area contributed by atoms with Gasteiger partial charge < -0.3 is 14.4 Å². The van der Waals surface area contributed by atoms with Crippen molar-refractivity contribution in [3.63, 3.8) is 0 Å². The van der Waals surface area contributed by atoms with Crippen LogP contribution in [0.1, 0.15) is 36.4 Å². The molecular weight excluding hydrogens is 371 g/mol. The Kier molecular flexibility index (Phi) is 6.00. The standard InChI is InChI=1S/C23H27FN2O3/c1-25(15-18-6-2-3-7-19(18)24)23(27)16-26-11-4-8-20(26)17-9-10-21-22(14-17)29-13-5-12-28-21/h2-3,6-7,9-10,14,20H,4-5,8,11-13,15-16H2,1H3/t20-/m1/s1. The van der Waals surface area contributed by atoms with E-state index in [0.29, 0.717) is 25.3 Å². The minimum absolute atomic E-state index is 0.00510. The molecule has 1 fully saturated rings. The Labute approximate surface area is 171 Å². The number of hydrogen-bond donors (Lipinski definition) is 0. The number of fused-ring (bicyclic) bond motifs is 1. The zero-order valence-electron chi connectivity index (χ0n) is 16.8. The van der Waals surface area contributed by atoms with Gasteiger partial charge in [0.1, 0.15) is 5.82 Å². The second-order valence-electron chi connectivity index (χ2n) is 7.73. The molecule has 154 valence electrons. The highest BCUT2D eigenvalue weighted by Crippen LogP contribution is 2.37. The third-order valence-electron chi connectivity index (χ3n) is 5.65. The summed E-state index contributed by atoms with van der Waals surface area (Å²) in [5, 5.41) is 0. The maximum atomic E-state index is 13.9. The van der Waals surface area contributed by atoms with Gasteiger partial charge in [-0.1, -0.05) is 24.3 Å². The van der Waals surface area contributed by atoms with Crippen molar-refractivity contribution < 1.29 is 18.7 Å². The summed E-state index contributed by atoms with van der Waals surface area (Å²) in [6.07, 6.45) is 2.93. The number of rotatable bonds is 5. The van der Waals surface area contributed by atoms with Crippen LogP contribution in [-0.4, -0.2) is 49.1 Å². The number of carbonyl (C=O) groups excluding carboxylic acids is 1. The summed E-state index contributed by atoms with van der Waals surface area (Å²) >= 11 is 0. The average Bonchev–Trinajstić information content (AvgIpc) is 3.05. The summed E-state index contributed by atoms with van der Waals surface area (Å²) in [7, 11) is 1.73. The maximum absolute atomic E-state index is 13.9. The highest BCUT2D eigenvalue weighted by molar-refractivity contribution is 5.78. The number of nitrogens with zero attached hydrogens (tertiary/aromatic N) is 2. The molecular formula is C23H27FN2O3. The Bertz CT molecular complexity index is 873. The first-order valence-electron chi connectivity index (χ1n) is 10.2. The van der Waals surface area contributed by atoms with Crippen LogP contribution < -0.4 is 9.47 Å². The van der Waals surface area contributed by atoms with E-state index in [0.717, 1.165) is 42.9 Å². The number of ether oxygens (including phenoxy) is 2. The Morgan fingerprint density at radius 1 is 1.14 bits per heavy atom. The van der Waals surface area contributed by atoms with Crippen LogP contribution >= 0.6 is 0 Å². The first kappa shape index (κ1) is 19.7. The quantitative estimate of drug-likeness (QED) is 0.769. The molecule has 1 saturated heterocycles. The predicted octanol–water partition coefficient (Wildman–Crippen LogP) is 3.78. The van der Waals surface area contributed by atoms with Gasteiger partial charge in [0, 0.05) is 31.6 Å². The minimum Gasteiger partial charge on any atom is -0.490 e. The molecule has 0 radical (unpaired) electrons. The zero-order valence-corrected chi connectivity index (χ0v) is 16.8. The van der Waals surface area contributed by atoms with Gasteiger partial charge in [-0.3, -0.25) is 9.69 Å². The van der Waals surface area contributed by atoms with E-state index >= 15 is 0 Å². The second-order valence-corrected chi connectivity index (χ2v) is 7.73. The number of likely N-dealkylation sites (N-methyl/N-ethyl adjacent to an activating group) is 1. The van der Waals surface area contributed by atoms with Crippen LogP contribution in [0, 0.1) is 5.82 Å². The van der Waals surface area contributed by atoms with E-state index in [2.05, 4.69) is 17.0 Å². The van der Waals surface area contributed by atoms with E-state index in [-0.39, 0.29) is 24.3 Å². The Balaban J connectivity index is 1.42. The number of hydrogen-bond acceptors (Lipinski definition) is 4. The summed E-state index contributed by atoms with van der Waals surface area (Å²) < 4.78 is 25.4. The van der Waals surface area contributed by atoms with Gasteiger partial charge in [-0.05, 0) is 43.1 Å². The lowest BCUT2D eigenvalue weighted by atomic mass is 10.0. The molecule has 2 aliphatic heterocycles. The maximum Gasteiger partial charge on any atom is 0.236 e. The molecule has 4 rings (SSSR count). The number of amides is 1. The minimum atomic E-state index is -0.279. The fraction of sp³-hybridized carbons (Fsp3) is 0.435. The molecule has 0 N–H and O–H groups in total. The van der Waals surface area contributed by atoms with Crippen LogP contribution in [0.15, 0.2) is 42.5 Å². The van der Waals surface area contributed by atoms with Crippen LogP contribution in [0.2, 0.25) is 0 Å². The fourth-order valence-electron chi connectivity index (χ4n) is 4.04. The van der Waals surface area contributed by atoms with Crippen molar-refractivity contribution in [1.29, 1.82) is 0 Å². The molecule has 1 amide bonds. The van der Waals surface area contributed by atoms with E-state index in [1.165, 1.54) is 6.07 Å². The van der Waals surface area contributed by atoms with Gasteiger partial charge in [-0.25, -0.2) is 4.39 Å². The van der Waals surface area contributed by atoms with Gasteiger partial charge >= 0.3 is 0 Å². The highest BCUT2D eigenvalue weighted by atomic mass is 19.1. The van der Waals surface area contributed by atoms with E-state index < -0.39 is 0 Å². The molecule has 0 spiro atoms. The number of benzene rings is 2. The van der Waals surface area contributed by atoms with Crippen LogP contribution in [-0.2, 0) is 11.3 Å². The Morgan fingerprint density at radius 3 is 2.76 bits per heavy atom. The van der Waals surface area contributed by atoms with Crippen molar-refractivity contribution in [1.82, 2.24) is 9.80 Å². The van der Waals surface area contributed by atoms with Gasteiger partial charge in [-0.2, -0.15) is 0 Å². The van der Waals surface area contributed by atoms with Crippen molar-refractivity contribution in [2.45, 2.75) is 31.8 Å². The van der Waals surface area contributed by atoms with E-state index in [1.54, 1.807) is 30.1 Å². The molecule has 2 aromatic carbocycles. The Morgan fingerprint density at radius 2 is 1.93 bits per heavy atom. The Hall–Kier alpha value is -2.60. The molecule has 0 bridgehead atoms. The van der Waals surface area contributed by atoms with Gasteiger partial charge in [0.25, 0.3) is 0 Å². The number of likely N-dealkylation sites (tertiary alicyclic amines) is 1. The molecule has 6 heteroatoms. The normalized spacial score (nSPS) is 19.0. The van der Waals surface area contributed by atoms with Crippen LogP contribution in [0.5, 0.6) is 11.5 Å². The van der Waals surface area contributed by atoms with Crippen LogP contribution in [0.25, 0.3) is 0 Å². The smallest absolute Gasteiger partial charge is 0.236 e. The van der Waals surface area contributed by atoms with Crippen LogP contribution in [0.4, 0.5) is 4.39 Å². The lowest BCUT2D eigenvalue weighted by Crippen LogP contribution is -2.38. The fourth-order valence-corrected chi connectivity index (χ4v) is 4.04. The molecule has 0 aliphatic carbocycles. The monoisotopic (exact) mass is 398 g/mol. The van der Waals surface area contributed by atoms with Crippen molar-refractivity contribution in [3.05, 3.63) is 59.4 Å². The van der Waals surface area contributed by atoms with Gasteiger partial charge in [-0.15, -0.1) is 0 Å². The van der Waals surface area contributed by atoms with E-state index in [9.17, 15) is 9.18 Å². The van der Waals surface area contributed by atoms with E-state index in [4.69, 9.17) is 9.47 Å². The number of carbonyl (C=O) groups is 1. The van der Waals surface area contributed by atoms with Crippen molar-refractivity contribution >= 4 is 5.91 Å². The van der Waals surface area contributed by atoms with Gasteiger partial charge in [0.15, 0.2) is 11.5 Å². The van der Waals surface area contributed by atoms with Crippen molar-refractivity contribution in [2.24, 2.45) is 0 Å². The molecule has 1 atom stereocenters.